The van der Waals surface area contributed by atoms with Gasteiger partial charge >= 0.3 is 0 Å². The van der Waals surface area contributed by atoms with Crippen molar-refractivity contribution in [2.24, 2.45) is 0 Å². The molecule has 0 aromatic heterocycles. The Bertz CT molecular complexity index is 380. The summed E-state index contributed by atoms with van der Waals surface area (Å²) >= 11 is 5.76. The van der Waals surface area contributed by atoms with Gasteiger partial charge in [0.1, 0.15) is 5.75 Å². The predicted molar refractivity (Wildman–Crippen MR) is 70.8 cm³/mol. The molecule has 2 N–H and O–H groups in total. The van der Waals surface area contributed by atoms with Crippen molar-refractivity contribution < 1.29 is 14.6 Å². The van der Waals surface area contributed by atoms with Gasteiger partial charge in [0.2, 0.25) is 0 Å². The summed E-state index contributed by atoms with van der Waals surface area (Å²) in [7, 11) is 0. The highest BCUT2D eigenvalue weighted by atomic mass is 35.5. The average Bonchev–Trinajstić information content (AvgIpc) is 2.32. The summed E-state index contributed by atoms with van der Waals surface area (Å²) in [6.45, 7) is 3.56. The SMILES string of the molecule is CC(CCO)NC(=O)C(C)Oc1ccc(Cl)cc1. The van der Waals surface area contributed by atoms with Crippen LogP contribution in [-0.2, 0) is 4.79 Å². The summed E-state index contributed by atoms with van der Waals surface area (Å²) in [6.07, 6.45) is -0.0633. The molecule has 0 spiro atoms. The Balaban J connectivity index is 2.46. The highest BCUT2D eigenvalue weighted by Crippen LogP contribution is 2.16. The van der Waals surface area contributed by atoms with Gasteiger partial charge in [0.15, 0.2) is 6.10 Å². The minimum absolute atomic E-state index is 0.0495. The highest BCUT2D eigenvalue weighted by molar-refractivity contribution is 6.30. The molecule has 5 heteroatoms. The average molecular weight is 272 g/mol. The molecule has 2 unspecified atom stereocenters. The van der Waals surface area contributed by atoms with Crippen molar-refractivity contribution in [2.75, 3.05) is 6.61 Å². The molecule has 100 valence electrons. The highest BCUT2D eigenvalue weighted by Gasteiger charge is 2.16. The number of hydrogen-bond acceptors (Lipinski definition) is 3. The summed E-state index contributed by atoms with van der Waals surface area (Å²) < 4.78 is 5.48. The molecular formula is C13H18ClNO3. The van der Waals surface area contributed by atoms with Gasteiger partial charge in [-0.05, 0) is 44.5 Å². The van der Waals surface area contributed by atoms with Crippen molar-refractivity contribution in [1.29, 1.82) is 0 Å². The summed E-state index contributed by atoms with van der Waals surface area (Å²) in [5.74, 6) is 0.391. The van der Waals surface area contributed by atoms with Crippen LogP contribution in [0, 0.1) is 0 Å². The standard InChI is InChI=1S/C13H18ClNO3/c1-9(7-8-16)15-13(17)10(2)18-12-5-3-11(14)4-6-12/h3-6,9-10,16H,7-8H2,1-2H3,(H,15,17). The van der Waals surface area contributed by atoms with Gasteiger partial charge in [-0.3, -0.25) is 4.79 Å². The van der Waals surface area contributed by atoms with E-state index in [1.807, 2.05) is 6.92 Å². The van der Waals surface area contributed by atoms with E-state index >= 15 is 0 Å². The fraction of sp³-hybridized carbons (Fsp3) is 0.462. The molecule has 1 amide bonds. The van der Waals surface area contributed by atoms with Crippen molar-refractivity contribution in [3.8, 4) is 5.75 Å². The molecule has 0 radical (unpaired) electrons. The van der Waals surface area contributed by atoms with Gasteiger partial charge in [0, 0.05) is 17.7 Å². The molecule has 1 rings (SSSR count). The van der Waals surface area contributed by atoms with Gasteiger partial charge in [-0.1, -0.05) is 11.6 Å². The molecule has 0 aliphatic carbocycles. The van der Waals surface area contributed by atoms with E-state index < -0.39 is 6.10 Å². The van der Waals surface area contributed by atoms with Crippen LogP contribution in [-0.4, -0.2) is 29.8 Å². The lowest BCUT2D eigenvalue weighted by Crippen LogP contribution is -2.41. The largest absolute Gasteiger partial charge is 0.481 e. The smallest absolute Gasteiger partial charge is 0.260 e. The zero-order chi connectivity index (χ0) is 13.5. The van der Waals surface area contributed by atoms with E-state index in [2.05, 4.69) is 5.32 Å². The maximum absolute atomic E-state index is 11.8. The summed E-state index contributed by atoms with van der Waals surface area (Å²) in [5.41, 5.74) is 0. The Labute approximate surface area is 112 Å². The number of halogens is 1. The molecule has 2 atom stereocenters. The van der Waals surface area contributed by atoms with Crippen LogP contribution in [0.3, 0.4) is 0 Å². The second-order valence-electron chi connectivity index (χ2n) is 4.14. The third-order valence-electron chi connectivity index (χ3n) is 2.45. The zero-order valence-electron chi connectivity index (χ0n) is 10.5. The number of carbonyl (C=O) groups is 1. The van der Waals surface area contributed by atoms with Crippen molar-refractivity contribution >= 4 is 17.5 Å². The van der Waals surface area contributed by atoms with Crippen LogP contribution >= 0.6 is 11.6 Å². The number of amides is 1. The van der Waals surface area contributed by atoms with Gasteiger partial charge in [-0.15, -0.1) is 0 Å². The molecule has 0 saturated carbocycles. The first-order valence-electron chi connectivity index (χ1n) is 5.86. The van der Waals surface area contributed by atoms with Crippen LogP contribution in [0.5, 0.6) is 5.75 Å². The Morgan fingerprint density at radius 3 is 2.56 bits per heavy atom. The predicted octanol–water partition coefficient (Wildman–Crippen LogP) is 1.99. The molecule has 0 heterocycles. The Morgan fingerprint density at radius 1 is 1.39 bits per heavy atom. The Kier molecular flexibility index (Phi) is 5.95. The minimum atomic E-state index is -0.590. The Hall–Kier alpha value is -1.26. The Morgan fingerprint density at radius 2 is 2.00 bits per heavy atom. The third-order valence-corrected chi connectivity index (χ3v) is 2.70. The van der Waals surface area contributed by atoms with Crippen LogP contribution in [0.15, 0.2) is 24.3 Å². The van der Waals surface area contributed by atoms with Gasteiger partial charge in [-0.25, -0.2) is 0 Å². The second kappa shape index (κ2) is 7.24. The topological polar surface area (TPSA) is 58.6 Å². The molecular weight excluding hydrogens is 254 g/mol. The van der Waals surface area contributed by atoms with Crippen molar-refractivity contribution in [1.82, 2.24) is 5.32 Å². The number of benzene rings is 1. The molecule has 0 aliphatic heterocycles. The maximum Gasteiger partial charge on any atom is 0.260 e. The number of nitrogens with one attached hydrogen (secondary N) is 1. The molecule has 1 aromatic rings. The van der Waals surface area contributed by atoms with E-state index in [4.69, 9.17) is 21.4 Å². The fourth-order valence-corrected chi connectivity index (χ4v) is 1.52. The van der Waals surface area contributed by atoms with E-state index in [-0.39, 0.29) is 18.6 Å². The molecule has 1 aromatic carbocycles. The van der Waals surface area contributed by atoms with Crippen molar-refractivity contribution in [3.63, 3.8) is 0 Å². The van der Waals surface area contributed by atoms with Gasteiger partial charge in [-0.2, -0.15) is 0 Å². The first kappa shape index (κ1) is 14.8. The molecule has 4 nitrogen and oxygen atoms in total. The summed E-state index contributed by atoms with van der Waals surface area (Å²) in [6, 6.07) is 6.76. The van der Waals surface area contributed by atoms with Crippen LogP contribution in [0.25, 0.3) is 0 Å². The number of hydrogen-bond donors (Lipinski definition) is 2. The second-order valence-corrected chi connectivity index (χ2v) is 4.57. The number of aliphatic hydroxyl groups excluding tert-OH is 1. The lowest BCUT2D eigenvalue weighted by molar-refractivity contribution is -0.127. The number of ether oxygens (including phenoxy) is 1. The maximum atomic E-state index is 11.8. The third kappa shape index (κ3) is 4.94. The fourth-order valence-electron chi connectivity index (χ4n) is 1.40. The number of aliphatic hydroxyl groups is 1. The van der Waals surface area contributed by atoms with Crippen LogP contribution in [0.1, 0.15) is 20.3 Å². The molecule has 0 bridgehead atoms. The molecule has 18 heavy (non-hydrogen) atoms. The molecule has 0 fully saturated rings. The van der Waals surface area contributed by atoms with E-state index in [0.717, 1.165) is 0 Å². The van der Waals surface area contributed by atoms with Crippen LogP contribution < -0.4 is 10.1 Å². The van der Waals surface area contributed by atoms with Gasteiger partial charge < -0.3 is 15.2 Å². The lowest BCUT2D eigenvalue weighted by Gasteiger charge is -2.18. The van der Waals surface area contributed by atoms with Crippen molar-refractivity contribution in [3.05, 3.63) is 29.3 Å². The van der Waals surface area contributed by atoms with E-state index in [1.54, 1.807) is 31.2 Å². The first-order chi connectivity index (χ1) is 8.52. The lowest BCUT2D eigenvalue weighted by atomic mass is 10.2. The van der Waals surface area contributed by atoms with Gasteiger partial charge in [0.05, 0.1) is 0 Å². The minimum Gasteiger partial charge on any atom is -0.481 e. The van der Waals surface area contributed by atoms with Crippen LogP contribution in [0.2, 0.25) is 5.02 Å². The number of carbonyl (C=O) groups excluding carboxylic acids is 1. The van der Waals surface area contributed by atoms with Crippen LogP contribution in [0.4, 0.5) is 0 Å². The molecule has 0 saturated heterocycles. The summed E-state index contributed by atoms with van der Waals surface area (Å²) in [5, 5.41) is 12.1. The van der Waals surface area contributed by atoms with E-state index in [9.17, 15) is 4.79 Å². The first-order valence-corrected chi connectivity index (χ1v) is 6.24. The zero-order valence-corrected chi connectivity index (χ0v) is 11.3. The quantitative estimate of drug-likeness (QED) is 0.832. The monoisotopic (exact) mass is 271 g/mol. The van der Waals surface area contributed by atoms with E-state index in [1.165, 1.54) is 0 Å². The van der Waals surface area contributed by atoms with Gasteiger partial charge in [0.25, 0.3) is 5.91 Å². The number of rotatable bonds is 6. The summed E-state index contributed by atoms with van der Waals surface area (Å²) in [4.78, 5) is 11.8. The normalized spacial score (nSPS) is 13.8. The van der Waals surface area contributed by atoms with Crippen molar-refractivity contribution in [2.45, 2.75) is 32.4 Å². The molecule has 0 aliphatic rings. The van der Waals surface area contributed by atoms with E-state index in [0.29, 0.717) is 17.2 Å².